The van der Waals surface area contributed by atoms with E-state index >= 15 is 0 Å². The number of nitrogens with zero attached hydrogens (tertiary/aromatic N) is 2. The second-order valence-corrected chi connectivity index (χ2v) is 6.88. The topological polar surface area (TPSA) is 44.1 Å². The van der Waals surface area contributed by atoms with Gasteiger partial charge in [0.1, 0.15) is 12.4 Å². The number of benzene rings is 2. The Hall–Kier alpha value is -2.88. The van der Waals surface area contributed by atoms with Crippen molar-refractivity contribution in [1.82, 2.24) is 9.78 Å². The highest BCUT2D eigenvalue weighted by Gasteiger charge is 2.22. The molecular formula is C23H26N2O2. The third kappa shape index (κ3) is 3.95. The average Bonchev–Trinajstić information content (AvgIpc) is 3.00. The number of aromatic nitrogens is 2. The lowest BCUT2D eigenvalue weighted by molar-refractivity contribution is 0.0937. The minimum atomic E-state index is -0.159. The number of ether oxygens (including phenoxy) is 1. The van der Waals surface area contributed by atoms with E-state index in [1.54, 1.807) is 6.07 Å². The smallest absolute Gasteiger partial charge is 0.282 e. The molecule has 140 valence electrons. The van der Waals surface area contributed by atoms with Crippen molar-refractivity contribution in [2.45, 2.75) is 46.6 Å². The maximum Gasteiger partial charge on any atom is 0.282 e. The first-order valence-corrected chi connectivity index (χ1v) is 9.39. The van der Waals surface area contributed by atoms with Gasteiger partial charge in [0, 0.05) is 5.69 Å². The zero-order valence-electron chi connectivity index (χ0n) is 16.4. The molecule has 1 atom stereocenters. The minimum Gasteiger partial charge on any atom is -0.488 e. The van der Waals surface area contributed by atoms with Gasteiger partial charge >= 0.3 is 0 Å². The van der Waals surface area contributed by atoms with Gasteiger partial charge in [-0.05, 0) is 49.4 Å². The first-order chi connectivity index (χ1) is 13.0. The van der Waals surface area contributed by atoms with Gasteiger partial charge in [-0.25, -0.2) is 4.68 Å². The molecule has 4 nitrogen and oxygen atoms in total. The number of para-hydroxylation sites is 1. The second kappa shape index (κ2) is 8.21. The third-order valence-electron chi connectivity index (χ3n) is 5.00. The molecular weight excluding hydrogens is 336 g/mol. The van der Waals surface area contributed by atoms with Crippen LogP contribution in [0.25, 0.3) is 0 Å². The van der Waals surface area contributed by atoms with Crippen molar-refractivity contribution in [3.8, 4) is 5.75 Å². The Kier molecular flexibility index (Phi) is 5.75. The zero-order valence-corrected chi connectivity index (χ0v) is 16.4. The van der Waals surface area contributed by atoms with E-state index in [-0.39, 0.29) is 5.91 Å². The van der Waals surface area contributed by atoms with Crippen molar-refractivity contribution in [1.29, 1.82) is 0 Å². The molecule has 27 heavy (non-hydrogen) atoms. The summed E-state index contributed by atoms with van der Waals surface area (Å²) in [5.41, 5.74) is 4.57. The maximum absolute atomic E-state index is 13.2. The molecule has 0 N–H and O–H groups in total. The van der Waals surface area contributed by atoms with Crippen molar-refractivity contribution < 1.29 is 9.53 Å². The predicted octanol–water partition coefficient (Wildman–Crippen LogP) is 5.28. The van der Waals surface area contributed by atoms with E-state index in [0.29, 0.717) is 23.8 Å². The van der Waals surface area contributed by atoms with Crippen molar-refractivity contribution in [2.24, 2.45) is 0 Å². The van der Waals surface area contributed by atoms with Crippen molar-refractivity contribution in [3.05, 3.63) is 82.7 Å². The van der Waals surface area contributed by atoms with E-state index in [1.165, 1.54) is 4.68 Å². The van der Waals surface area contributed by atoms with Crippen LogP contribution in [0.3, 0.4) is 0 Å². The fourth-order valence-corrected chi connectivity index (χ4v) is 3.39. The van der Waals surface area contributed by atoms with Crippen LogP contribution in [0.1, 0.15) is 59.1 Å². The molecule has 0 saturated heterocycles. The molecule has 4 heteroatoms. The maximum atomic E-state index is 13.2. The minimum absolute atomic E-state index is 0.159. The normalized spacial score (nSPS) is 12.0. The summed E-state index contributed by atoms with van der Waals surface area (Å²) in [6.07, 6.45) is 1.01. The fraction of sp³-hybridized carbons (Fsp3) is 0.304. The largest absolute Gasteiger partial charge is 0.488 e. The van der Waals surface area contributed by atoms with Gasteiger partial charge in [-0.2, -0.15) is 5.10 Å². The van der Waals surface area contributed by atoms with Crippen LogP contribution in [-0.4, -0.2) is 15.7 Å². The van der Waals surface area contributed by atoms with Crippen molar-refractivity contribution in [2.75, 3.05) is 0 Å². The molecule has 0 radical (unpaired) electrons. The molecule has 1 heterocycles. The molecule has 0 fully saturated rings. The molecule has 0 aliphatic heterocycles. The summed E-state index contributed by atoms with van der Waals surface area (Å²) in [7, 11) is 0. The lowest BCUT2D eigenvalue weighted by atomic mass is 9.97. The Labute approximate surface area is 160 Å². The van der Waals surface area contributed by atoms with E-state index in [2.05, 4.69) is 18.9 Å². The molecule has 3 aromatic rings. The summed E-state index contributed by atoms with van der Waals surface area (Å²) in [6.45, 7) is 8.67. The van der Waals surface area contributed by atoms with Crippen LogP contribution < -0.4 is 4.74 Å². The van der Waals surface area contributed by atoms with Crippen LogP contribution >= 0.6 is 0 Å². The number of carbonyl (C=O) groups excluding carboxylic acids is 1. The number of carbonyl (C=O) groups is 1. The number of aryl methyl sites for hydroxylation is 1. The zero-order chi connectivity index (χ0) is 19.4. The monoisotopic (exact) mass is 362 g/mol. The molecule has 0 bridgehead atoms. The highest BCUT2D eigenvalue weighted by Crippen LogP contribution is 2.27. The first kappa shape index (κ1) is 18.9. The van der Waals surface area contributed by atoms with Gasteiger partial charge in [0.15, 0.2) is 0 Å². The summed E-state index contributed by atoms with van der Waals surface area (Å²) >= 11 is 0. The highest BCUT2D eigenvalue weighted by molar-refractivity contribution is 5.98. The molecule has 1 unspecified atom stereocenters. The number of hydrogen-bond donors (Lipinski definition) is 0. The molecule has 2 aromatic carbocycles. The van der Waals surface area contributed by atoms with E-state index in [0.717, 1.165) is 28.9 Å². The molecule has 0 aliphatic carbocycles. The lowest BCUT2D eigenvalue weighted by Crippen LogP contribution is -2.17. The standard InChI is InChI=1S/C23H26N2O2/c1-5-16(2)22-17(3)24-25(18(22)4)23(26)20-13-9-10-14-21(20)27-15-19-11-7-6-8-12-19/h6-14,16H,5,15H2,1-4H3. The Morgan fingerprint density at radius 3 is 2.44 bits per heavy atom. The van der Waals surface area contributed by atoms with Gasteiger partial charge < -0.3 is 4.74 Å². The Bertz CT molecular complexity index is 929. The first-order valence-electron chi connectivity index (χ1n) is 9.39. The SMILES string of the molecule is CCC(C)c1c(C)nn(C(=O)c2ccccc2OCc2ccccc2)c1C. The molecule has 0 amide bonds. The van der Waals surface area contributed by atoms with Gasteiger partial charge in [0.05, 0.1) is 11.3 Å². The second-order valence-electron chi connectivity index (χ2n) is 6.88. The molecule has 0 saturated carbocycles. The molecule has 0 spiro atoms. The predicted molar refractivity (Wildman–Crippen MR) is 107 cm³/mol. The van der Waals surface area contributed by atoms with Crippen LogP contribution in [0.2, 0.25) is 0 Å². The van der Waals surface area contributed by atoms with Gasteiger partial charge in [0.2, 0.25) is 0 Å². The summed E-state index contributed by atoms with van der Waals surface area (Å²) < 4.78 is 7.46. The third-order valence-corrected chi connectivity index (χ3v) is 5.00. The Morgan fingerprint density at radius 2 is 1.74 bits per heavy atom. The summed E-state index contributed by atoms with van der Waals surface area (Å²) in [5.74, 6) is 0.786. The number of rotatable bonds is 6. The van der Waals surface area contributed by atoms with Crippen LogP contribution in [0, 0.1) is 13.8 Å². The van der Waals surface area contributed by atoms with Crippen molar-refractivity contribution in [3.63, 3.8) is 0 Å². The number of hydrogen-bond acceptors (Lipinski definition) is 3. The summed E-state index contributed by atoms with van der Waals surface area (Å²) in [4.78, 5) is 13.2. The van der Waals surface area contributed by atoms with Gasteiger partial charge in [0.25, 0.3) is 5.91 Å². The molecule has 1 aromatic heterocycles. The summed E-state index contributed by atoms with van der Waals surface area (Å²) in [5, 5.41) is 4.53. The van der Waals surface area contributed by atoms with E-state index < -0.39 is 0 Å². The van der Waals surface area contributed by atoms with Crippen LogP contribution in [0.5, 0.6) is 5.75 Å². The quantitative estimate of drug-likeness (QED) is 0.599. The summed E-state index contributed by atoms with van der Waals surface area (Å²) in [6, 6.07) is 17.3. The van der Waals surface area contributed by atoms with E-state index in [1.807, 2.05) is 62.4 Å². The van der Waals surface area contributed by atoms with Crippen LogP contribution in [0.4, 0.5) is 0 Å². The van der Waals surface area contributed by atoms with Gasteiger partial charge in [-0.3, -0.25) is 4.79 Å². The van der Waals surface area contributed by atoms with E-state index in [9.17, 15) is 4.79 Å². The van der Waals surface area contributed by atoms with E-state index in [4.69, 9.17) is 4.74 Å². The van der Waals surface area contributed by atoms with Gasteiger partial charge in [-0.15, -0.1) is 0 Å². The lowest BCUT2D eigenvalue weighted by Gasteiger charge is -2.12. The van der Waals surface area contributed by atoms with Crippen molar-refractivity contribution >= 4 is 5.91 Å². The fourth-order valence-electron chi connectivity index (χ4n) is 3.39. The van der Waals surface area contributed by atoms with Crippen LogP contribution in [-0.2, 0) is 6.61 Å². The Morgan fingerprint density at radius 1 is 1.07 bits per heavy atom. The van der Waals surface area contributed by atoms with Crippen LogP contribution in [0.15, 0.2) is 54.6 Å². The molecule has 0 aliphatic rings. The molecule has 3 rings (SSSR count). The average molecular weight is 362 g/mol. The Balaban J connectivity index is 1.90. The van der Waals surface area contributed by atoms with Gasteiger partial charge in [-0.1, -0.05) is 56.3 Å². The highest BCUT2D eigenvalue weighted by atomic mass is 16.5.